The predicted octanol–water partition coefficient (Wildman–Crippen LogP) is 3.24. The smallest absolute Gasteiger partial charge is 0.254 e. The number of amides is 1. The summed E-state index contributed by atoms with van der Waals surface area (Å²) in [5, 5.41) is 18.7. The SMILES string of the molecule is Cc1cc(O)ccc1C(=O)N(C)C(C)c1ccc(O)cc1. The van der Waals surface area contributed by atoms with Crippen molar-refractivity contribution in [2.45, 2.75) is 19.9 Å². The Morgan fingerprint density at radius 2 is 1.62 bits per heavy atom. The number of nitrogens with zero attached hydrogens (tertiary/aromatic N) is 1. The Morgan fingerprint density at radius 3 is 2.19 bits per heavy atom. The maximum Gasteiger partial charge on any atom is 0.254 e. The first-order valence-corrected chi connectivity index (χ1v) is 6.76. The van der Waals surface area contributed by atoms with Crippen molar-refractivity contribution < 1.29 is 15.0 Å². The second kappa shape index (κ2) is 5.87. The first kappa shape index (κ1) is 14.9. The molecule has 0 fully saturated rings. The average Bonchev–Trinajstić information content (AvgIpc) is 2.46. The number of aryl methyl sites for hydroxylation is 1. The minimum atomic E-state index is -0.119. The molecule has 1 amide bonds. The predicted molar refractivity (Wildman–Crippen MR) is 81.5 cm³/mol. The summed E-state index contributed by atoms with van der Waals surface area (Å²) < 4.78 is 0. The number of carbonyl (C=O) groups is 1. The zero-order valence-corrected chi connectivity index (χ0v) is 12.4. The van der Waals surface area contributed by atoms with Crippen LogP contribution >= 0.6 is 0 Å². The Bertz CT molecular complexity index is 650. The van der Waals surface area contributed by atoms with Crippen LogP contribution in [-0.4, -0.2) is 28.1 Å². The molecule has 0 spiro atoms. The molecule has 0 radical (unpaired) electrons. The lowest BCUT2D eigenvalue weighted by Crippen LogP contribution is -2.30. The molecule has 2 aromatic carbocycles. The summed E-state index contributed by atoms with van der Waals surface area (Å²) in [5.41, 5.74) is 2.26. The Labute approximate surface area is 124 Å². The Balaban J connectivity index is 2.24. The minimum absolute atomic E-state index is 0.104. The molecule has 2 aromatic rings. The van der Waals surface area contributed by atoms with Crippen molar-refractivity contribution in [3.05, 3.63) is 59.2 Å². The minimum Gasteiger partial charge on any atom is -0.508 e. The molecular formula is C17H19NO3. The van der Waals surface area contributed by atoms with Crippen LogP contribution in [-0.2, 0) is 0 Å². The molecule has 0 aromatic heterocycles. The van der Waals surface area contributed by atoms with Crippen molar-refractivity contribution in [3.8, 4) is 11.5 Å². The van der Waals surface area contributed by atoms with Gasteiger partial charge in [0, 0.05) is 12.6 Å². The molecule has 0 heterocycles. The van der Waals surface area contributed by atoms with Crippen molar-refractivity contribution in [2.75, 3.05) is 7.05 Å². The molecule has 4 heteroatoms. The summed E-state index contributed by atoms with van der Waals surface area (Å²) in [6.07, 6.45) is 0. The van der Waals surface area contributed by atoms with E-state index < -0.39 is 0 Å². The summed E-state index contributed by atoms with van der Waals surface area (Å²) >= 11 is 0. The van der Waals surface area contributed by atoms with Gasteiger partial charge in [-0.25, -0.2) is 0 Å². The first-order chi connectivity index (χ1) is 9.90. The van der Waals surface area contributed by atoms with E-state index in [1.54, 1.807) is 55.3 Å². The van der Waals surface area contributed by atoms with Crippen molar-refractivity contribution in [3.63, 3.8) is 0 Å². The highest BCUT2D eigenvalue weighted by molar-refractivity contribution is 5.95. The van der Waals surface area contributed by atoms with Crippen molar-refractivity contribution in [1.29, 1.82) is 0 Å². The van der Waals surface area contributed by atoms with E-state index in [4.69, 9.17) is 0 Å². The van der Waals surface area contributed by atoms with Gasteiger partial charge < -0.3 is 15.1 Å². The van der Waals surface area contributed by atoms with E-state index in [2.05, 4.69) is 0 Å². The molecule has 0 bridgehead atoms. The number of hydrogen-bond donors (Lipinski definition) is 2. The summed E-state index contributed by atoms with van der Waals surface area (Å²) in [6, 6.07) is 11.4. The highest BCUT2D eigenvalue weighted by Crippen LogP contribution is 2.24. The van der Waals surface area contributed by atoms with Crippen LogP contribution in [0.2, 0.25) is 0 Å². The topological polar surface area (TPSA) is 60.8 Å². The van der Waals surface area contributed by atoms with Crippen LogP contribution in [0, 0.1) is 6.92 Å². The first-order valence-electron chi connectivity index (χ1n) is 6.76. The standard InChI is InChI=1S/C17H19NO3/c1-11-10-15(20)8-9-16(11)17(21)18(3)12(2)13-4-6-14(19)7-5-13/h4-10,12,19-20H,1-3H3. The summed E-state index contributed by atoms with van der Waals surface area (Å²) in [7, 11) is 1.74. The lowest BCUT2D eigenvalue weighted by Gasteiger charge is -2.26. The van der Waals surface area contributed by atoms with E-state index in [0.29, 0.717) is 5.56 Å². The van der Waals surface area contributed by atoms with Crippen molar-refractivity contribution in [2.24, 2.45) is 0 Å². The number of phenols is 2. The van der Waals surface area contributed by atoms with Crippen molar-refractivity contribution in [1.82, 2.24) is 4.90 Å². The quantitative estimate of drug-likeness (QED) is 0.910. The van der Waals surface area contributed by atoms with Gasteiger partial charge in [-0.3, -0.25) is 4.79 Å². The van der Waals surface area contributed by atoms with Crippen LogP contribution in [0.15, 0.2) is 42.5 Å². The molecule has 2 rings (SSSR count). The third-order valence-corrected chi connectivity index (χ3v) is 3.72. The molecule has 2 N–H and O–H groups in total. The van der Waals surface area contributed by atoms with Crippen LogP contribution < -0.4 is 0 Å². The molecule has 0 saturated carbocycles. The fraction of sp³-hybridized carbons (Fsp3) is 0.235. The number of hydrogen-bond acceptors (Lipinski definition) is 3. The number of phenolic OH excluding ortho intramolecular Hbond substituents is 2. The fourth-order valence-electron chi connectivity index (χ4n) is 2.23. The number of carbonyl (C=O) groups excluding carboxylic acids is 1. The summed E-state index contributed by atoms with van der Waals surface area (Å²) in [4.78, 5) is 14.2. The van der Waals surface area contributed by atoms with E-state index in [-0.39, 0.29) is 23.4 Å². The van der Waals surface area contributed by atoms with E-state index in [1.165, 1.54) is 6.07 Å². The number of rotatable bonds is 3. The second-order valence-corrected chi connectivity index (χ2v) is 5.18. The zero-order valence-electron chi connectivity index (χ0n) is 12.4. The lowest BCUT2D eigenvalue weighted by atomic mass is 10.0. The molecule has 0 saturated heterocycles. The van der Waals surface area contributed by atoms with E-state index in [1.807, 2.05) is 6.92 Å². The molecule has 0 aliphatic heterocycles. The van der Waals surface area contributed by atoms with Gasteiger partial charge in [-0.2, -0.15) is 0 Å². The molecule has 1 atom stereocenters. The molecule has 0 aliphatic rings. The van der Waals surface area contributed by atoms with Gasteiger partial charge in [-0.15, -0.1) is 0 Å². The van der Waals surface area contributed by atoms with Gasteiger partial charge in [-0.05, 0) is 55.3 Å². The average molecular weight is 285 g/mol. The van der Waals surface area contributed by atoms with E-state index in [0.717, 1.165) is 11.1 Å². The maximum atomic E-state index is 12.6. The highest BCUT2D eigenvalue weighted by Gasteiger charge is 2.20. The fourth-order valence-corrected chi connectivity index (χ4v) is 2.23. The monoisotopic (exact) mass is 285 g/mol. The zero-order chi connectivity index (χ0) is 15.6. The Kier molecular flexibility index (Phi) is 4.17. The van der Waals surface area contributed by atoms with Crippen LogP contribution in [0.25, 0.3) is 0 Å². The molecule has 4 nitrogen and oxygen atoms in total. The number of aromatic hydroxyl groups is 2. The summed E-state index contributed by atoms with van der Waals surface area (Å²) in [6.45, 7) is 3.73. The van der Waals surface area contributed by atoms with Gasteiger partial charge in [0.2, 0.25) is 0 Å². The summed E-state index contributed by atoms with van der Waals surface area (Å²) in [5.74, 6) is 0.251. The molecule has 0 aliphatic carbocycles. The van der Waals surface area contributed by atoms with Crippen LogP contribution in [0.5, 0.6) is 11.5 Å². The second-order valence-electron chi connectivity index (χ2n) is 5.18. The largest absolute Gasteiger partial charge is 0.508 e. The van der Waals surface area contributed by atoms with Gasteiger partial charge in [-0.1, -0.05) is 12.1 Å². The van der Waals surface area contributed by atoms with E-state index >= 15 is 0 Å². The highest BCUT2D eigenvalue weighted by atomic mass is 16.3. The molecule has 1 unspecified atom stereocenters. The van der Waals surface area contributed by atoms with Crippen molar-refractivity contribution >= 4 is 5.91 Å². The van der Waals surface area contributed by atoms with Crippen LogP contribution in [0.3, 0.4) is 0 Å². The van der Waals surface area contributed by atoms with Crippen LogP contribution in [0.4, 0.5) is 0 Å². The van der Waals surface area contributed by atoms with Gasteiger partial charge in [0.25, 0.3) is 5.91 Å². The Hall–Kier alpha value is -2.49. The van der Waals surface area contributed by atoms with Gasteiger partial charge in [0.1, 0.15) is 11.5 Å². The van der Waals surface area contributed by atoms with E-state index in [9.17, 15) is 15.0 Å². The normalized spacial score (nSPS) is 12.0. The Morgan fingerprint density at radius 1 is 1.05 bits per heavy atom. The van der Waals surface area contributed by atoms with Gasteiger partial charge >= 0.3 is 0 Å². The third kappa shape index (κ3) is 3.16. The molecular weight excluding hydrogens is 266 g/mol. The molecule has 110 valence electrons. The van der Waals surface area contributed by atoms with Gasteiger partial charge in [0.15, 0.2) is 0 Å². The maximum absolute atomic E-state index is 12.6. The number of benzene rings is 2. The lowest BCUT2D eigenvalue weighted by molar-refractivity contribution is 0.0742. The third-order valence-electron chi connectivity index (χ3n) is 3.72. The van der Waals surface area contributed by atoms with Crippen LogP contribution in [0.1, 0.15) is 34.5 Å². The van der Waals surface area contributed by atoms with Gasteiger partial charge in [0.05, 0.1) is 6.04 Å². The molecule has 21 heavy (non-hydrogen) atoms.